The third kappa shape index (κ3) is 45.8. The molecule has 0 aromatic heterocycles. The van der Waals surface area contributed by atoms with Crippen LogP contribution >= 0.6 is 0 Å². The van der Waals surface area contributed by atoms with Crippen molar-refractivity contribution in [2.75, 3.05) is 13.2 Å². The SMILES string of the molecule is CC/C=C\C/C=C\C/C=C\C/C=C\C/C=C\C/C=C\CCC(=O)OC1C(OCC(COC(=O)CCCCCCCCCCC/C=C\C/C=C\CCCCC)OC(=O)CCCCCCCCCCCCCCC)OC(C(=O)O)C(O)C1O. The molecule has 6 unspecified atom stereocenters. The van der Waals surface area contributed by atoms with Crippen molar-refractivity contribution in [3.05, 3.63) is 97.2 Å². The first-order valence-corrected chi connectivity index (χ1v) is 32.2. The molecule has 0 spiro atoms. The number of unbranched alkanes of at least 4 members (excludes halogenated alkanes) is 24. The predicted octanol–water partition coefficient (Wildman–Crippen LogP) is 17.2. The van der Waals surface area contributed by atoms with Gasteiger partial charge >= 0.3 is 23.9 Å². The third-order valence-electron chi connectivity index (χ3n) is 14.2. The molecule has 6 atom stereocenters. The molecule has 1 fully saturated rings. The highest BCUT2D eigenvalue weighted by Gasteiger charge is 2.50. The molecule has 0 aromatic carbocycles. The van der Waals surface area contributed by atoms with E-state index in [1.807, 2.05) is 18.2 Å². The van der Waals surface area contributed by atoms with Gasteiger partial charge in [0.1, 0.15) is 18.8 Å². The molecule has 12 nitrogen and oxygen atoms in total. The second kappa shape index (κ2) is 56.1. The Kier molecular flexibility index (Phi) is 51.7. The van der Waals surface area contributed by atoms with E-state index in [0.29, 0.717) is 25.7 Å². The van der Waals surface area contributed by atoms with Crippen LogP contribution in [0.5, 0.6) is 0 Å². The lowest BCUT2D eigenvalue weighted by atomic mass is 9.98. The number of carbonyl (C=O) groups is 4. The minimum atomic E-state index is -1.93. The van der Waals surface area contributed by atoms with Crippen LogP contribution in [-0.2, 0) is 42.9 Å². The average molecular weight is 1140 g/mol. The van der Waals surface area contributed by atoms with Crippen LogP contribution in [0.4, 0.5) is 0 Å². The van der Waals surface area contributed by atoms with Gasteiger partial charge in [-0.15, -0.1) is 0 Å². The van der Waals surface area contributed by atoms with Crippen LogP contribution in [0.25, 0.3) is 0 Å². The number of carboxylic acids is 1. The van der Waals surface area contributed by atoms with Crippen molar-refractivity contribution in [3.63, 3.8) is 0 Å². The molecule has 0 radical (unpaired) electrons. The Labute approximate surface area is 492 Å². The van der Waals surface area contributed by atoms with Gasteiger partial charge in [0.2, 0.25) is 0 Å². The summed E-state index contributed by atoms with van der Waals surface area (Å²) in [6, 6.07) is 0. The van der Waals surface area contributed by atoms with Crippen molar-refractivity contribution in [2.24, 2.45) is 0 Å². The molecule has 0 bridgehead atoms. The number of esters is 3. The van der Waals surface area contributed by atoms with Gasteiger partial charge in [-0.25, -0.2) is 4.79 Å². The zero-order valence-electron chi connectivity index (χ0n) is 51.0. The van der Waals surface area contributed by atoms with Gasteiger partial charge in [-0.05, 0) is 89.9 Å². The van der Waals surface area contributed by atoms with Crippen LogP contribution in [0.15, 0.2) is 97.2 Å². The average Bonchev–Trinajstić information content (AvgIpc) is 3.54. The van der Waals surface area contributed by atoms with E-state index in [-0.39, 0.29) is 25.9 Å². The quantitative estimate of drug-likeness (QED) is 0.0228. The van der Waals surface area contributed by atoms with Gasteiger partial charge in [-0.3, -0.25) is 14.4 Å². The minimum absolute atomic E-state index is 0.0673. The number of aliphatic hydroxyl groups is 2. The zero-order valence-corrected chi connectivity index (χ0v) is 51.0. The smallest absolute Gasteiger partial charge is 0.335 e. The van der Waals surface area contributed by atoms with E-state index in [9.17, 15) is 34.5 Å². The molecule has 0 aromatic rings. The lowest BCUT2D eigenvalue weighted by Crippen LogP contribution is -2.61. The number of carbonyl (C=O) groups excluding carboxylic acids is 3. The van der Waals surface area contributed by atoms with Crippen LogP contribution in [0, 0.1) is 0 Å². The molecule has 12 heteroatoms. The lowest BCUT2D eigenvalue weighted by Gasteiger charge is -2.40. The van der Waals surface area contributed by atoms with Gasteiger partial charge in [0.05, 0.1) is 6.61 Å². The molecular weight excluding hydrogens is 1020 g/mol. The van der Waals surface area contributed by atoms with E-state index in [2.05, 4.69) is 99.8 Å². The van der Waals surface area contributed by atoms with Crippen molar-refractivity contribution in [1.29, 1.82) is 0 Å². The fourth-order valence-corrected chi connectivity index (χ4v) is 9.25. The molecule has 1 aliphatic rings. The molecule has 1 aliphatic heterocycles. The Morgan fingerprint density at radius 2 is 0.802 bits per heavy atom. The van der Waals surface area contributed by atoms with E-state index in [4.69, 9.17) is 23.7 Å². The van der Waals surface area contributed by atoms with Crippen molar-refractivity contribution >= 4 is 23.9 Å². The molecule has 462 valence electrons. The van der Waals surface area contributed by atoms with Crippen molar-refractivity contribution in [1.82, 2.24) is 0 Å². The van der Waals surface area contributed by atoms with E-state index < -0.39 is 67.3 Å². The highest BCUT2D eigenvalue weighted by molar-refractivity contribution is 5.74. The number of ether oxygens (including phenoxy) is 5. The summed E-state index contributed by atoms with van der Waals surface area (Å²) in [5, 5.41) is 31.5. The minimum Gasteiger partial charge on any atom is -0.479 e. The first-order valence-electron chi connectivity index (χ1n) is 32.2. The summed E-state index contributed by atoms with van der Waals surface area (Å²) in [6.45, 7) is 5.84. The van der Waals surface area contributed by atoms with Gasteiger partial charge in [0, 0.05) is 19.3 Å². The van der Waals surface area contributed by atoms with E-state index in [1.54, 1.807) is 0 Å². The molecule has 3 N–H and O–H groups in total. The van der Waals surface area contributed by atoms with Gasteiger partial charge in [-0.2, -0.15) is 0 Å². The molecule has 81 heavy (non-hydrogen) atoms. The number of hydrogen-bond donors (Lipinski definition) is 3. The van der Waals surface area contributed by atoms with E-state index in [1.165, 1.54) is 116 Å². The summed E-state index contributed by atoms with van der Waals surface area (Å²) in [5.74, 6) is -3.23. The van der Waals surface area contributed by atoms with Crippen molar-refractivity contribution < 1.29 is 58.2 Å². The van der Waals surface area contributed by atoms with Gasteiger partial charge in [0.15, 0.2) is 24.6 Å². The van der Waals surface area contributed by atoms with Crippen LogP contribution in [-0.4, -0.2) is 89.2 Å². The second-order valence-corrected chi connectivity index (χ2v) is 21.7. The fourth-order valence-electron chi connectivity index (χ4n) is 9.25. The molecule has 0 aliphatic carbocycles. The normalized spacial score (nSPS) is 18.4. The van der Waals surface area contributed by atoms with E-state index in [0.717, 1.165) is 83.5 Å². The Balaban J connectivity index is 2.69. The Bertz CT molecular complexity index is 1780. The summed E-state index contributed by atoms with van der Waals surface area (Å²) in [5.41, 5.74) is 0. The van der Waals surface area contributed by atoms with Gasteiger partial charge in [-0.1, -0.05) is 253 Å². The first kappa shape index (κ1) is 74.7. The van der Waals surface area contributed by atoms with Crippen LogP contribution in [0.3, 0.4) is 0 Å². The zero-order chi connectivity index (χ0) is 58.9. The largest absolute Gasteiger partial charge is 0.479 e. The molecule has 1 heterocycles. The summed E-state index contributed by atoms with van der Waals surface area (Å²) in [6.07, 6.45) is 62.3. The summed E-state index contributed by atoms with van der Waals surface area (Å²) < 4.78 is 28.4. The molecule has 1 saturated heterocycles. The number of hydrogen-bond acceptors (Lipinski definition) is 11. The number of aliphatic carboxylic acids is 1. The topological polar surface area (TPSA) is 175 Å². The number of allylic oxidation sites excluding steroid dienone is 16. The van der Waals surface area contributed by atoms with Crippen molar-refractivity contribution in [3.8, 4) is 0 Å². The second-order valence-electron chi connectivity index (χ2n) is 21.7. The summed E-state index contributed by atoms with van der Waals surface area (Å²) >= 11 is 0. The standard InChI is InChI=1S/C69H114O12/c1-4-7-10-13-16-19-22-25-27-29-31-33-35-38-40-43-46-49-52-55-61(70)77-58-60(79-62(71)56-53-50-47-44-41-37-24-21-18-15-12-9-6-3)59-78-69-67(65(74)64(73)66(81-69)68(75)76)80-63(72)57-54-51-48-45-42-39-36-34-32-30-28-26-23-20-17-14-11-8-5-2/h8,11,16-17,19-20,25-28,32,34,39,42,48,51,60,64-67,69,73-74H,4-7,9-10,12-15,18,21-24,29-31,33,35-38,40-41,43-47,49-50,52-59H2,1-3H3,(H,75,76)/b11-8-,19-16-,20-17-,27-25-,28-26-,34-32-,42-39-,51-48-. The first-order chi connectivity index (χ1) is 39.6. The molecular formula is C69H114O12. The molecule has 1 rings (SSSR count). The lowest BCUT2D eigenvalue weighted by molar-refractivity contribution is -0.301. The van der Waals surface area contributed by atoms with Gasteiger partial charge in [0.25, 0.3) is 0 Å². The Morgan fingerprint density at radius 1 is 0.420 bits per heavy atom. The monoisotopic (exact) mass is 1130 g/mol. The maximum Gasteiger partial charge on any atom is 0.335 e. The van der Waals surface area contributed by atoms with E-state index >= 15 is 0 Å². The molecule has 0 amide bonds. The highest BCUT2D eigenvalue weighted by atomic mass is 16.7. The third-order valence-corrected chi connectivity index (χ3v) is 14.2. The number of aliphatic hydroxyl groups excluding tert-OH is 2. The fraction of sp³-hybridized carbons (Fsp3) is 0.710. The maximum absolute atomic E-state index is 13.2. The highest BCUT2D eigenvalue weighted by Crippen LogP contribution is 2.26. The van der Waals surface area contributed by atoms with Crippen molar-refractivity contribution in [2.45, 2.75) is 302 Å². The van der Waals surface area contributed by atoms with Crippen LogP contribution in [0.1, 0.15) is 265 Å². The van der Waals surface area contributed by atoms with Crippen LogP contribution in [0.2, 0.25) is 0 Å². The number of carboxylic acid groups (broad SMARTS) is 1. The predicted molar refractivity (Wildman–Crippen MR) is 331 cm³/mol. The molecule has 0 saturated carbocycles. The maximum atomic E-state index is 13.2. The summed E-state index contributed by atoms with van der Waals surface area (Å²) in [4.78, 5) is 51.3. The van der Waals surface area contributed by atoms with Gasteiger partial charge < -0.3 is 39.0 Å². The Morgan fingerprint density at radius 3 is 1.26 bits per heavy atom. The summed E-state index contributed by atoms with van der Waals surface area (Å²) in [7, 11) is 0. The Hall–Kier alpha value is -4.36. The van der Waals surface area contributed by atoms with Crippen LogP contribution < -0.4 is 0 Å². The number of rotatable bonds is 54.